The summed E-state index contributed by atoms with van der Waals surface area (Å²) in [6, 6.07) is 14.1. The number of H-pyrrole nitrogens is 1. The highest BCUT2D eigenvalue weighted by Gasteiger charge is 2.05. The van der Waals surface area contributed by atoms with E-state index < -0.39 is 0 Å². The average molecular weight is 350 g/mol. The summed E-state index contributed by atoms with van der Waals surface area (Å²) in [6.07, 6.45) is 3.07. The van der Waals surface area contributed by atoms with E-state index in [1.54, 1.807) is 7.11 Å². The zero-order valence-corrected chi connectivity index (χ0v) is 14.4. The van der Waals surface area contributed by atoms with E-state index in [1.165, 1.54) is 16.5 Å². The van der Waals surface area contributed by atoms with Crippen molar-refractivity contribution in [1.82, 2.24) is 10.3 Å². The van der Waals surface area contributed by atoms with Gasteiger partial charge in [0.1, 0.15) is 5.75 Å². The highest BCUT2D eigenvalue weighted by molar-refractivity contribution is 6.30. The molecule has 122 valence electrons. The lowest BCUT2D eigenvalue weighted by Crippen LogP contribution is -3.00. The number of aromatic amines is 1. The van der Waals surface area contributed by atoms with Crippen molar-refractivity contribution >= 4 is 22.5 Å². The second-order valence-electron chi connectivity index (χ2n) is 5.24. The van der Waals surface area contributed by atoms with E-state index in [4.69, 9.17) is 16.3 Å². The van der Waals surface area contributed by atoms with Crippen LogP contribution in [-0.4, -0.2) is 18.6 Å². The Morgan fingerprint density at radius 2 is 1.96 bits per heavy atom. The quantitative estimate of drug-likeness (QED) is 0.655. The van der Waals surface area contributed by atoms with Crippen LogP contribution in [0.4, 0.5) is 0 Å². The highest BCUT2D eigenvalue weighted by Crippen LogP contribution is 2.22. The predicted molar refractivity (Wildman–Crippen MR) is 91.7 cm³/mol. The minimum Gasteiger partial charge on any atom is -1.00 e. The summed E-state index contributed by atoms with van der Waals surface area (Å²) < 4.78 is 5.36. The largest absolute Gasteiger partial charge is 1.00 e. The number of para-hydroxylation sites is 1. The van der Waals surface area contributed by atoms with E-state index >= 15 is 0 Å². The molecule has 0 amide bonds. The smallest absolute Gasteiger partial charge is 0.123 e. The van der Waals surface area contributed by atoms with Gasteiger partial charge < -0.3 is 27.4 Å². The fourth-order valence-electron chi connectivity index (χ4n) is 2.67. The lowest BCUT2D eigenvalue weighted by Gasteiger charge is -2.10. The van der Waals surface area contributed by atoms with Crippen molar-refractivity contribution in [3.8, 4) is 5.75 Å². The molecular weight excluding hydrogens is 331 g/mol. The van der Waals surface area contributed by atoms with Gasteiger partial charge in [0, 0.05) is 34.2 Å². The molecule has 3 rings (SSSR count). The van der Waals surface area contributed by atoms with Gasteiger partial charge in [-0.1, -0.05) is 29.8 Å². The molecule has 2 aromatic carbocycles. The molecule has 0 aliphatic carbocycles. The van der Waals surface area contributed by atoms with Gasteiger partial charge in [0.2, 0.25) is 0 Å². The number of aromatic nitrogens is 1. The van der Waals surface area contributed by atoms with Gasteiger partial charge in [0.25, 0.3) is 0 Å². The standard InChI is InChI=1S/C18H19ClN2O.ClH/c1-22-18-7-6-15(19)10-14(18)11-20-9-8-13-12-21-17-5-3-2-4-16(13)17;/h2-7,10,12,20-21H,8-9,11H2,1H3;1H/p-1. The Hall–Kier alpha value is -1.68. The third-order valence-corrected chi connectivity index (χ3v) is 4.04. The molecule has 23 heavy (non-hydrogen) atoms. The number of hydrogen-bond donors (Lipinski definition) is 2. The first-order chi connectivity index (χ1) is 10.8. The van der Waals surface area contributed by atoms with Crippen LogP contribution in [0.2, 0.25) is 5.02 Å². The fraction of sp³-hybridized carbons (Fsp3) is 0.222. The highest BCUT2D eigenvalue weighted by atomic mass is 35.5. The van der Waals surface area contributed by atoms with Crippen LogP contribution >= 0.6 is 11.6 Å². The summed E-state index contributed by atoms with van der Waals surface area (Å²) in [5, 5.41) is 5.48. The third-order valence-electron chi connectivity index (χ3n) is 3.80. The van der Waals surface area contributed by atoms with Crippen molar-refractivity contribution in [1.29, 1.82) is 0 Å². The van der Waals surface area contributed by atoms with E-state index in [9.17, 15) is 0 Å². The Balaban J connectivity index is 0.00000192. The number of fused-ring (bicyclic) bond motifs is 1. The van der Waals surface area contributed by atoms with Crippen molar-refractivity contribution in [2.75, 3.05) is 13.7 Å². The Morgan fingerprint density at radius 1 is 1.13 bits per heavy atom. The number of rotatable bonds is 6. The molecule has 0 saturated heterocycles. The number of hydrogen-bond acceptors (Lipinski definition) is 2. The molecule has 2 N–H and O–H groups in total. The number of methoxy groups -OCH3 is 1. The second-order valence-corrected chi connectivity index (χ2v) is 5.68. The summed E-state index contributed by atoms with van der Waals surface area (Å²) in [5.41, 5.74) is 3.60. The third kappa shape index (κ3) is 4.20. The molecule has 3 aromatic rings. The van der Waals surface area contributed by atoms with Gasteiger partial charge in [-0.25, -0.2) is 0 Å². The first-order valence-electron chi connectivity index (χ1n) is 7.36. The van der Waals surface area contributed by atoms with Gasteiger partial charge >= 0.3 is 0 Å². The molecular formula is C18H19Cl2N2O-. The van der Waals surface area contributed by atoms with Gasteiger partial charge in [0.15, 0.2) is 0 Å². The van der Waals surface area contributed by atoms with E-state index in [0.29, 0.717) is 0 Å². The molecule has 5 heteroatoms. The van der Waals surface area contributed by atoms with Crippen molar-refractivity contribution in [2.24, 2.45) is 0 Å². The number of ether oxygens (including phenoxy) is 1. The van der Waals surface area contributed by atoms with E-state index in [-0.39, 0.29) is 12.4 Å². The molecule has 0 atom stereocenters. The lowest BCUT2D eigenvalue weighted by atomic mass is 10.1. The van der Waals surface area contributed by atoms with Gasteiger partial charge in [0.05, 0.1) is 7.11 Å². The lowest BCUT2D eigenvalue weighted by molar-refractivity contribution is -0.00000467. The zero-order chi connectivity index (χ0) is 15.4. The van der Waals surface area contributed by atoms with Crippen LogP contribution in [0, 0.1) is 0 Å². The minimum atomic E-state index is 0. The monoisotopic (exact) mass is 349 g/mol. The molecule has 1 heterocycles. The molecule has 0 spiro atoms. The van der Waals surface area contributed by atoms with Gasteiger partial charge in [-0.2, -0.15) is 0 Å². The number of halogens is 2. The topological polar surface area (TPSA) is 37.0 Å². The van der Waals surface area contributed by atoms with Crippen LogP contribution in [0.15, 0.2) is 48.7 Å². The Morgan fingerprint density at radius 3 is 2.78 bits per heavy atom. The van der Waals surface area contributed by atoms with Crippen molar-refractivity contribution in [3.05, 3.63) is 64.8 Å². The normalized spacial score (nSPS) is 10.5. The maximum Gasteiger partial charge on any atom is 0.123 e. The zero-order valence-electron chi connectivity index (χ0n) is 12.9. The van der Waals surface area contributed by atoms with Gasteiger partial charge in [-0.3, -0.25) is 0 Å². The molecule has 0 bridgehead atoms. The van der Waals surface area contributed by atoms with Crippen LogP contribution in [-0.2, 0) is 13.0 Å². The SMILES string of the molecule is COc1ccc(Cl)cc1CNCCc1c[nH]c2ccccc12.[Cl-]. The van der Waals surface area contributed by atoms with Crippen LogP contribution in [0.1, 0.15) is 11.1 Å². The van der Waals surface area contributed by atoms with Gasteiger partial charge in [-0.05, 0) is 42.8 Å². The van der Waals surface area contributed by atoms with Crippen LogP contribution in [0.25, 0.3) is 10.9 Å². The molecule has 0 radical (unpaired) electrons. The van der Waals surface area contributed by atoms with Crippen molar-refractivity contribution in [2.45, 2.75) is 13.0 Å². The van der Waals surface area contributed by atoms with E-state index in [0.717, 1.165) is 35.8 Å². The number of benzene rings is 2. The van der Waals surface area contributed by atoms with Crippen LogP contribution in [0.3, 0.4) is 0 Å². The first-order valence-corrected chi connectivity index (χ1v) is 7.74. The van der Waals surface area contributed by atoms with E-state index in [1.807, 2.05) is 24.3 Å². The summed E-state index contributed by atoms with van der Waals surface area (Å²) in [4.78, 5) is 3.31. The number of nitrogens with one attached hydrogen (secondary N) is 2. The minimum absolute atomic E-state index is 0. The summed E-state index contributed by atoms with van der Waals surface area (Å²) in [7, 11) is 1.68. The second kappa shape index (κ2) is 8.25. The maximum absolute atomic E-state index is 6.05. The predicted octanol–water partition coefficient (Wildman–Crippen LogP) is 1.17. The molecule has 0 saturated carbocycles. The molecule has 0 aliphatic rings. The van der Waals surface area contributed by atoms with Crippen LogP contribution in [0.5, 0.6) is 5.75 Å². The molecule has 0 aliphatic heterocycles. The van der Waals surface area contributed by atoms with E-state index in [2.05, 4.69) is 34.7 Å². The Bertz CT molecular complexity index is 771. The van der Waals surface area contributed by atoms with Crippen molar-refractivity contribution < 1.29 is 17.1 Å². The van der Waals surface area contributed by atoms with Crippen LogP contribution < -0.4 is 22.5 Å². The molecule has 0 unspecified atom stereocenters. The fourth-order valence-corrected chi connectivity index (χ4v) is 2.86. The Kier molecular flexibility index (Phi) is 6.34. The molecule has 1 aromatic heterocycles. The first kappa shape index (κ1) is 17.7. The maximum atomic E-state index is 6.05. The Labute approximate surface area is 147 Å². The van der Waals surface area contributed by atoms with Gasteiger partial charge in [-0.15, -0.1) is 0 Å². The summed E-state index contributed by atoms with van der Waals surface area (Å²) in [5.74, 6) is 0.865. The summed E-state index contributed by atoms with van der Waals surface area (Å²) in [6.45, 7) is 1.64. The molecule has 3 nitrogen and oxygen atoms in total. The summed E-state index contributed by atoms with van der Waals surface area (Å²) >= 11 is 6.05. The average Bonchev–Trinajstić information content (AvgIpc) is 2.95. The van der Waals surface area contributed by atoms with Crippen molar-refractivity contribution in [3.63, 3.8) is 0 Å². The molecule has 0 fully saturated rings.